The molecule has 0 amide bonds. The third-order valence-corrected chi connectivity index (χ3v) is 13.2. The van der Waals surface area contributed by atoms with Crippen LogP contribution in [0.3, 0.4) is 0 Å². The van der Waals surface area contributed by atoms with Crippen molar-refractivity contribution in [1.82, 2.24) is 0 Å². The summed E-state index contributed by atoms with van der Waals surface area (Å²) in [5, 5.41) is 1.62. The quantitative estimate of drug-likeness (QED) is 0.516. The maximum atomic E-state index is 6.55. The van der Waals surface area contributed by atoms with Gasteiger partial charge in [0.15, 0.2) is 0 Å². The van der Waals surface area contributed by atoms with Gasteiger partial charge in [-0.05, 0) is 0 Å². The van der Waals surface area contributed by atoms with E-state index in [0.29, 0.717) is 0 Å². The molecule has 0 nitrogen and oxygen atoms in total. The molecule has 2 aromatic carbocycles. The van der Waals surface area contributed by atoms with Gasteiger partial charge in [-0.2, -0.15) is 0 Å². The molecule has 0 saturated heterocycles. The molecule has 0 aliphatic rings. The third kappa shape index (κ3) is 4.14. The molecule has 0 heterocycles. The van der Waals surface area contributed by atoms with Gasteiger partial charge in [0.05, 0.1) is 0 Å². The van der Waals surface area contributed by atoms with Crippen LogP contribution in [0.25, 0.3) is 11.1 Å². The fraction of sp³-hybridized carbons (Fsp3) is 0.333. The van der Waals surface area contributed by atoms with E-state index in [9.17, 15) is 0 Å². The fourth-order valence-electron chi connectivity index (χ4n) is 2.40. The second kappa shape index (κ2) is 6.54. The van der Waals surface area contributed by atoms with Gasteiger partial charge in [0.1, 0.15) is 0 Å². The van der Waals surface area contributed by atoms with Crippen molar-refractivity contribution in [3.8, 4) is 11.1 Å². The Labute approximate surface area is 149 Å². The Morgan fingerprint density at radius 2 is 0.909 bits per heavy atom. The van der Waals surface area contributed by atoms with Crippen LogP contribution in [0.15, 0.2) is 36.4 Å². The number of rotatable bonds is 3. The van der Waals surface area contributed by atoms with Gasteiger partial charge in [0.2, 0.25) is 0 Å². The molecular weight excluding hydrogens is 432 g/mol. The molecule has 2 aromatic rings. The molecule has 0 fully saturated rings. The Morgan fingerprint density at radius 1 is 0.591 bits per heavy atom. The summed E-state index contributed by atoms with van der Waals surface area (Å²) in [7, 11) is 0. The van der Waals surface area contributed by atoms with E-state index >= 15 is 0 Å². The summed E-state index contributed by atoms with van der Waals surface area (Å²) in [6.07, 6.45) is 0. The Bertz CT molecular complexity index is 634. The van der Waals surface area contributed by atoms with E-state index < -0.39 is 26.5 Å². The van der Waals surface area contributed by atoms with Gasteiger partial charge in [-0.3, -0.25) is 0 Å². The van der Waals surface area contributed by atoms with Crippen LogP contribution in [-0.2, 0) is 0 Å². The molecule has 22 heavy (non-hydrogen) atoms. The van der Waals surface area contributed by atoms with Crippen molar-refractivity contribution >= 4 is 58.5 Å². The Hall–Kier alpha value is 0.106. The molecule has 0 N–H and O–H groups in total. The molecule has 0 spiro atoms. The van der Waals surface area contributed by atoms with Gasteiger partial charge in [-0.25, -0.2) is 0 Å². The molecule has 0 atom stereocenters. The predicted octanol–water partition coefficient (Wildman–Crippen LogP) is 5.75. The molecule has 118 valence electrons. The molecule has 0 bridgehead atoms. The molecule has 0 unspecified atom stereocenters. The molecule has 2 rings (SSSR count). The van der Waals surface area contributed by atoms with Crippen molar-refractivity contribution < 1.29 is 0 Å². The molecule has 0 saturated carbocycles. The van der Waals surface area contributed by atoms with Crippen molar-refractivity contribution in [3.63, 3.8) is 0 Å². The van der Waals surface area contributed by atoms with Gasteiger partial charge in [-0.1, -0.05) is 0 Å². The van der Waals surface area contributed by atoms with Crippen LogP contribution >= 0.6 is 23.2 Å². The van der Waals surface area contributed by atoms with E-state index in [4.69, 9.17) is 23.2 Å². The van der Waals surface area contributed by atoms with Crippen molar-refractivity contribution in [2.75, 3.05) is 0 Å². The van der Waals surface area contributed by atoms with E-state index in [0.717, 1.165) is 21.2 Å². The zero-order valence-electron chi connectivity index (χ0n) is 14.2. The van der Waals surface area contributed by atoms with Crippen molar-refractivity contribution in [2.45, 2.75) is 34.5 Å². The van der Waals surface area contributed by atoms with Gasteiger partial charge in [0, 0.05) is 0 Å². The van der Waals surface area contributed by atoms with E-state index in [-0.39, 0.29) is 0 Å². The second-order valence-corrected chi connectivity index (χ2v) is 30.0. The van der Waals surface area contributed by atoms with Gasteiger partial charge in [0.25, 0.3) is 0 Å². The van der Waals surface area contributed by atoms with E-state index in [2.05, 4.69) is 70.9 Å². The Balaban J connectivity index is 2.49. The Morgan fingerprint density at radius 3 is 1.14 bits per heavy atom. The number of benzene rings is 2. The van der Waals surface area contributed by atoms with Crippen LogP contribution < -0.4 is 8.79 Å². The second-order valence-electron chi connectivity index (χ2n) is 7.89. The standard InChI is InChI=1S/C18H24Cl2Ge2/c1-21(2,3)13-7-9-15(17(19)11-13)16-10-8-14(12-18(16)20)22(4,5)6/h7-12H,1-6H3. The first kappa shape index (κ1) is 18.4. The SMILES string of the molecule is [CH3][Ge]([CH3])([CH3])[c]1ccc(-c2cc[c]([Ge]([CH3])([CH3])[CH3])cc2Cl)c(Cl)c1. The van der Waals surface area contributed by atoms with Crippen LogP contribution in [-0.4, -0.2) is 26.5 Å². The summed E-state index contributed by atoms with van der Waals surface area (Å²) in [6.45, 7) is 0. The molecule has 4 heteroatoms. The van der Waals surface area contributed by atoms with Crippen LogP contribution in [0.4, 0.5) is 0 Å². The number of hydrogen-bond donors (Lipinski definition) is 0. The summed E-state index contributed by atoms with van der Waals surface area (Å²) in [5.74, 6) is 14.3. The van der Waals surface area contributed by atoms with Crippen LogP contribution in [0, 0.1) is 0 Å². The zero-order chi connectivity index (χ0) is 16.7. The topological polar surface area (TPSA) is 0 Å². The monoisotopic (exact) mass is 458 g/mol. The molecule has 0 aromatic heterocycles. The van der Waals surface area contributed by atoms with E-state index in [1.807, 2.05) is 0 Å². The minimum atomic E-state index is -1.85. The average Bonchev–Trinajstić information content (AvgIpc) is 2.37. The average molecular weight is 457 g/mol. The minimum absolute atomic E-state index is 0.810. The van der Waals surface area contributed by atoms with Crippen molar-refractivity contribution in [1.29, 1.82) is 0 Å². The van der Waals surface area contributed by atoms with Gasteiger partial charge < -0.3 is 0 Å². The first-order valence-electron chi connectivity index (χ1n) is 7.60. The predicted molar refractivity (Wildman–Crippen MR) is 108 cm³/mol. The van der Waals surface area contributed by atoms with Crippen molar-refractivity contribution in [3.05, 3.63) is 46.4 Å². The molecule has 0 radical (unpaired) electrons. The zero-order valence-corrected chi connectivity index (χ0v) is 19.9. The van der Waals surface area contributed by atoms with E-state index in [1.165, 1.54) is 8.79 Å². The fourth-order valence-corrected chi connectivity index (χ4v) is 8.22. The normalized spacial score (nSPS) is 12.5. The molecule has 0 aliphatic carbocycles. The molecule has 0 aliphatic heterocycles. The van der Waals surface area contributed by atoms with E-state index in [1.54, 1.807) is 0 Å². The first-order chi connectivity index (χ1) is 10.00. The molecular formula is C18H24Cl2Ge2. The third-order valence-electron chi connectivity index (χ3n) is 3.96. The van der Waals surface area contributed by atoms with Gasteiger partial charge in [-0.15, -0.1) is 0 Å². The summed E-state index contributed by atoms with van der Waals surface area (Å²) in [5.41, 5.74) is 2.07. The van der Waals surface area contributed by atoms with Crippen LogP contribution in [0.5, 0.6) is 0 Å². The summed E-state index contributed by atoms with van der Waals surface area (Å²) in [4.78, 5) is 0. The number of halogens is 2. The number of hydrogen-bond acceptors (Lipinski definition) is 0. The first-order valence-corrected chi connectivity index (χ1v) is 23.0. The summed E-state index contributed by atoms with van der Waals surface area (Å²) < 4.78 is 2.84. The van der Waals surface area contributed by atoms with Gasteiger partial charge >= 0.3 is 151 Å². The van der Waals surface area contributed by atoms with Crippen LogP contribution in [0.1, 0.15) is 0 Å². The van der Waals surface area contributed by atoms with Crippen molar-refractivity contribution in [2.24, 2.45) is 0 Å². The summed E-state index contributed by atoms with van der Waals surface area (Å²) >= 11 is 9.41. The summed E-state index contributed by atoms with van der Waals surface area (Å²) in [6, 6.07) is 13.0. The van der Waals surface area contributed by atoms with Crippen LogP contribution in [0.2, 0.25) is 44.6 Å². The maximum absolute atomic E-state index is 6.55. The Kier molecular flexibility index (Phi) is 5.49.